The lowest BCUT2D eigenvalue weighted by Crippen LogP contribution is -2.49. The van der Waals surface area contributed by atoms with E-state index in [-0.39, 0.29) is 0 Å². The number of nitrogens with zero attached hydrogens (tertiary/aromatic N) is 3. The number of likely N-dealkylation sites (tertiary alicyclic amines) is 1. The normalized spacial score (nSPS) is 23.2. The molecule has 2 heterocycles. The fraction of sp³-hybridized carbons (Fsp3) is 0.500. The Balaban J connectivity index is 2.22. The fourth-order valence-corrected chi connectivity index (χ4v) is 2.81. The molecule has 1 aliphatic rings. The van der Waals surface area contributed by atoms with Crippen LogP contribution in [0.2, 0.25) is 0 Å². The summed E-state index contributed by atoms with van der Waals surface area (Å²) in [5.41, 5.74) is 0.553. The summed E-state index contributed by atoms with van der Waals surface area (Å²) in [6.45, 7) is 3.25. The third-order valence-corrected chi connectivity index (χ3v) is 3.92. The van der Waals surface area contributed by atoms with E-state index in [1.165, 1.54) is 0 Å². The van der Waals surface area contributed by atoms with Crippen LogP contribution in [0.4, 0.5) is 0 Å². The van der Waals surface area contributed by atoms with Crippen LogP contribution in [-0.2, 0) is 11.3 Å². The van der Waals surface area contributed by atoms with E-state index < -0.39 is 11.5 Å². The van der Waals surface area contributed by atoms with Gasteiger partial charge in [0.1, 0.15) is 17.3 Å². The second-order valence-electron chi connectivity index (χ2n) is 4.88. The molecule has 1 saturated heterocycles. The molecule has 1 aromatic heterocycles. The predicted molar refractivity (Wildman–Crippen MR) is 69.3 cm³/mol. The Morgan fingerprint density at radius 1 is 1.68 bits per heavy atom. The van der Waals surface area contributed by atoms with E-state index in [0.29, 0.717) is 25.1 Å². The maximum Gasteiger partial charge on any atom is 0.324 e. The molecule has 2 rings (SSSR count). The summed E-state index contributed by atoms with van der Waals surface area (Å²) in [5, 5.41) is 18.3. The molecule has 1 N–H and O–H groups in total. The highest BCUT2D eigenvalue weighted by Gasteiger charge is 2.45. The lowest BCUT2D eigenvalue weighted by molar-refractivity contribution is -0.150. The Morgan fingerprint density at radius 3 is 3.11 bits per heavy atom. The monoisotopic (exact) mass is 259 g/mol. The zero-order valence-corrected chi connectivity index (χ0v) is 11.0. The standard InChI is InChI=1S/C14H17N3O2/c1-2-14(13(18)19)5-3-7-17(14)10-11-4-6-16-12(8-11)9-15/h4,6,8H,2-3,5,7,10H2,1H3,(H,18,19). The van der Waals surface area contributed by atoms with Crippen molar-refractivity contribution < 1.29 is 9.90 Å². The Kier molecular flexibility index (Phi) is 3.82. The van der Waals surface area contributed by atoms with Gasteiger partial charge in [-0.25, -0.2) is 4.98 Å². The average molecular weight is 259 g/mol. The number of aliphatic carboxylic acids is 1. The Labute approximate surface area is 112 Å². The Hall–Kier alpha value is -1.93. The molecular formula is C14H17N3O2. The van der Waals surface area contributed by atoms with Gasteiger partial charge in [0.2, 0.25) is 0 Å². The average Bonchev–Trinajstić information content (AvgIpc) is 2.83. The van der Waals surface area contributed by atoms with Crippen molar-refractivity contribution in [1.29, 1.82) is 5.26 Å². The number of carbonyl (C=O) groups is 1. The number of hydrogen-bond acceptors (Lipinski definition) is 4. The molecule has 0 radical (unpaired) electrons. The van der Waals surface area contributed by atoms with Crippen molar-refractivity contribution >= 4 is 5.97 Å². The number of rotatable bonds is 4. The highest BCUT2D eigenvalue weighted by atomic mass is 16.4. The van der Waals surface area contributed by atoms with Gasteiger partial charge < -0.3 is 5.11 Å². The van der Waals surface area contributed by atoms with Gasteiger partial charge >= 0.3 is 5.97 Å². The van der Waals surface area contributed by atoms with Gasteiger partial charge in [0.25, 0.3) is 0 Å². The molecule has 1 aliphatic heterocycles. The van der Waals surface area contributed by atoms with Crippen molar-refractivity contribution in [3.8, 4) is 6.07 Å². The van der Waals surface area contributed by atoms with Crippen molar-refractivity contribution in [1.82, 2.24) is 9.88 Å². The highest BCUT2D eigenvalue weighted by Crippen LogP contribution is 2.34. The van der Waals surface area contributed by atoms with Gasteiger partial charge in [0.05, 0.1) is 0 Å². The maximum absolute atomic E-state index is 11.6. The second kappa shape index (κ2) is 5.37. The Morgan fingerprint density at radius 2 is 2.47 bits per heavy atom. The first-order valence-corrected chi connectivity index (χ1v) is 6.46. The molecule has 0 aromatic carbocycles. The number of aromatic nitrogens is 1. The zero-order chi connectivity index (χ0) is 13.9. The zero-order valence-electron chi connectivity index (χ0n) is 11.0. The van der Waals surface area contributed by atoms with Gasteiger partial charge in [-0.05, 0) is 43.5 Å². The SMILES string of the molecule is CCC1(C(=O)O)CCCN1Cc1ccnc(C#N)c1. The lowest BCUT2D eigenvalue weighted by atomic mass is 9.92. The molecule has 0 spiro atoms. The third-order valence-electron chi connectivity index (χ3n) is 3.92. The van der Waals surface area contributed by atoms with E-state index in [9.17, 15) is 9.90 Å². The van der Waals surface area contributed by atoms with E-state index >= 15 is 0 Å². The van der Waals surface area contributed by atoms with Crippen LogP contribution in [0.25, 0.3) is 0 Å². The van der Waals surface area contributed by atoms with Crippen molar-refractivity contribution in [3.63, 3.8) is 0 Å². The molecule has 0 aliphatic carbocycles. The highest BCUT2D eigenvalue weighted by molar-refractivity contribution is 5.79. The topological polar surface area (TPSA) is 77.2 Å². The summed E-state index contributed by atoms with van der Waals surface area (Å²) in [7, 11) is 0. The first-order chi connectivity index (χ1) is 9.12. The molecule has 1 aromatic rings. The molecule has 0 saturated carbocycles. The van der Waals surface area contributed by atoms with Crippen LogP contribution >= 0.6 is 0 Å². The van der Waals surface area contributed by atoms with Crippen LogP contribution < -0.4 is 0 Å². The van der Waals surface area contributed by atoms with E-state index in [1.807, 2.05) is 24.0 Å². The van der Waals surface area contributed by atoms with Gasteiger partial charge in [-0.3, -0.25) is 9.69 Å². The maximum atomic E-state index is 11.6. The number of carboxylic acid groups (broad SMARTS) is 1. The lowest BCUT2D eigenvalue weighted by Gasteiger charge is -2.33. The summed E-state index contributed by atoms with van der Waals surface area (Å²) >= 11 is 0. The predicted octanol–water partition coefficient (Wildman–Crippen LogP) is 1.78. The molecule has 5 heteroatoms. The molecule has 19 heavy (non-hydrogen) atoms. The summed E-state index contributed by atoms with van der Waals surface area (Å²) in [6.07, 6.45) is 3.78. The van der Waals surface area contributed by atoms with Crippen LogP contribution in [0.1, 0.15) is 37.4 Å². The number of nitriles is 1. The van der Waals surface area contributed by atoms with Crippen LogP contribution in [0, 0.1) is 11.3 Å². The molecule has 0 amide bonds. The quantitative estimate of drug-likeness (QED) is 0.891. The minimum absolute atomic E-state index is 0.370. The van der Waals surface area contributed by atoms with Crippen molar-refractivity contribution in [2.24, 2.45) is 0 Å². The minimum Gasteiger partial charge on any atom is -0.480 e. The summed E-state index contributed by atoms with van der Waals surface area (Å²) < 4.78 is 0. The summed E-state index contributed by atoms with van der Waals surface area (Å²) in [5.74, 6) is -0.748. The molecule has 1 fully saturated rings. The van der Waals surface area contributed by atoms with E-state index in [2.05, 4.69) is 4.98 Å². The van der Waals surface area contributed by atoms with Crippen LogP contribution in [0.15, 0.2) is 18.3 Å². The second-order valence-corrected chi connectivity index (χ2v) is 4.88. The first-order valence-electron chi connectivity index (χ1n) is 6.46. The van der Waals surface area contributed by atoms with E-state index in [1.54, 1.807) is 12.3 Å². The van der Waals surface area contributed by atoms with Gasteiger partial charge in [-0.2, -0.15) is 5.26 Å². The van der Waals surface area contributed by atoms with E-state index in [4.69, 9.17) is 5.26 Å². The van der Waals surface area contributed by atoms with Gasteiger partial charge in [0.15, 0.2) is 0 Å². The Bertz CT molecular complexity index is 524. The summed E-state index contributed by atoms with van der Waals surface area (Å²) in [6, 6.07) is 5.56. The fourth-order valence-electron chi connectivity index (χ4n) is 2.81. The summed E-state index contributed by atoms with van der Waals surface area (Å²) in [4.78, 5) is 17.5. The first kappa shape index (κ1) is 13.5. The third kappa shape index (κ3) is 2.45. The largest absolute Gasteiger partial charge is 0.480 e. The molecule has 0 bridgehead atoms. The molecule has 1 unspecified atom stereocenters. The van der Waals surface area contributed by atoms with Gasteiger partial charge in [-0.1, -0.05) is 6.92 Å². The van der Waals surface area contributed by atoms with Crippen LogP contribution in [0.5, 0.6) is 0 Å². The van der Waals surface area contributed by atoms with Crippen molar-refractivity contribution in [2.45, 2.75) is 38.3 Å². The molecular weight excluding hydrogens is 242 g/mol. The van der Waals surface area contributed by atoms with E-state index in [0.717, 1.165) is 18.5 Å². The van der Waals surface area contributed by atoms with Gasteiger partial charge in [-0.15, -0.1) is 0 Å². The molecule has 100 valence electrons. The number of pyridine rings is 1. The minimum atomic E-state index is -0.754. The van der Waals surface area contributed by atoms with Crippen molar-refractivity contribution in [3.05, 3.63) is 29.6 Å². The number of carboxylic acids is 1. The molecule has 1 atom stereocenters. The smallest absolute Gasteiger partial charge is 0.324 e. The van der Waals surface area contributed by atoms with Crippen LogP contribution in [0.3, 0.4) is 0 Å². The van der Waals surface area contributed by atoms with Gasteiger partial charge in [0, 0.05) is 12.7 Å². The number of hydrogen-bond donors (Lipinski definition) is 1. The van der Waals surface area contributed by atoms with Crippen LogP contribution in [-0.4, -0.2) is 33.0 Å². The molecule has 5 nitrogen and oxygen atoms in total. The van der Waals surface area contributed by atoms with Crippen molar-refractivity contribution in [2.75, 3.05) is 6.54 Å².